The maximum atomic E-state index is 13.0. The molecule has 0 amide bonds. The summed E-state index contributed by atoms with van der Waals surface area (Å²) >= 11 is 1.05. The van der Waals surface area contributed by atoms with E-state index in [2.05, 4.69) is 4.74 Å². The minimum absolute atomic E-state index is 0.485. The summed E-state index contributed by atoms with van der Waals surface area (Å²) in [7, 11) is 0. The molecule has 0 saturated heterocycles. The number of ether oxygens (including phenoxy) is 1. The van der Waals surface area contributed by atoms with Crippen LogP contribution in [-0.2, 0) is 4.74 Å². The van der Waals surface area contributed by atoms with Crippen LogP contribution in [0.3, 0.4) is 0 Å². The molecule has 0 aliphatic carbocycles. The van der Waals surface area contributed by atoms with E-state index in [1.807, 2.05) is 0 Å². The molecular weight excluding hydrogens is 364 g/mol. The van der Waals surface area contributed by atoms with Gasteiger partial charge in [0.2, 0.25) is 0 Å². The molecule has 16 heavy (non-hydrogen) atoms. The largest absolute Gasteiger partial charge is 0.525 e. The highest BCUT2D eigenvalue weighted by atomic mass is 127. The van der Waals surface area contributed by atoms with Gasteiger partial charge in [0.25, 0.3) is 0 Å². The van der Waals surface area contributed by atoms with Gasteiger partial charge in [0, 0.05) is 9.66 Å². The molecule has 0 aromatic rings. The third kappa shape index (κ3) is 4.82. The summed E-state index contributed by atoms with van der Waals surface area (Å²) < 4.78 is 85.4. The van der Waals surface area contributed by atoms with Gasteiger partial charge in [-0.1, -0.05) is 0 Å². The molecule has 0 aliphatic rings. The number of halogens is 8. The molecule has 0 radical (unpaired) electrons. The first kappa shape index (κ1) is 15.9. The Labute approximate surface area is 98.2 Å². The number of hydrogen-bond donors (Lipinski definition) is 1. The van der Waals surface area contributed by atoms with Gasteiger partial charge in [-0.2, -0.15) is 17.6 Å². The first-order valence-corrected chi connectivity index (χ1v) is 4.50. The Kier molecular flexibility index (Phi) is 5.01. The fourth-order valence-corrected chi connectivity index (χ4v) is 0.985. The van der Waals surface area contributed by atoms with Crippen molar-refractivity contribution in [3.63, 3.8) is 0 Å². The lowest BCUT2D eigenvalue weighted by atomic mass is 10.2. The Morgan fingerprint density at radius 1 is 1.12 bits per heavy atom. The summed E-state index contributed by atoms with van der Waals surface area (Å²) in [4.78, 5) is 0. The van der Waals surface area contributed by atoms with Crippen LogP contribution in [0.1, 0.15) is 0 Å². The first-order valence-electron chi connectivity index (χ1n) is 3.42. The van der Waals surface area contributed by atoms with Crippen molar-refractivity contribution in [2.24, 2.45) is 0 Å². The number of alkyl halides is 7. The van der Waals surface area contributed by atoms with Gasteiger partial charge in [-0.3, -0.25) is 0 Å². The molecule has 0 bridgehead atoms. The van der Waals surface area contributed by atoms with Gasteiger partial charge in [-0.15, -0.1) is 13.2 Å². The van der Waals surface area contributed by atoms with E-state index in [0.717, 1.165) is 22.6 Å². The monoisotopic (exact) mass is 368 g/mol. The summed E-state index contributed by atoms with van der Waals surface area (Å²) in [6.07, 6.45) is -12.2. The van der Waals surface area contributed by atoms with E-state index in [9.17, 15) is 30.7 Å². The van der Waals surface area contributed by atoms with E-state index in [1.54, 1.807) is 0 Å². The van der Waals surface area contributed by atoms with E-state index >= 15 is 0 Å². The molecular formula is C6H4F7IO2. The van der Waals surface area contributed by atoms with Gasteiger partial charge in [0.15, 0.2) is 0 Å². The third-order valence-corrected chi connectivity index (χ3v) is 1.80. The maximum absolute atomic E-state index is 13.0. The van der Waals surface area contributed by atoms with Crippen LogP contribution in [0, 0.1) is 0 Å². The van der Waals surface area contributed by atoms with E-state index in [4.69, 9.17) is 5.11 Å². The van der Waals surface area contributed by atoms with Crippen molar-refractivity contribution in [2.45, 2.75) is 18.4 Å². The zero-order valence-electron chi connectivity index (χ0n) is 7.16. The zero-order valence-corrected chi connectivity index (χ0v) is 9.32. The van der Waals surface area contributed by atoms with Crippen LogP contribution in [-0.4, -0.2) is 30.1 Å². The van der Waals surface area contributed by atoms with Crippen LogP contribution in [0.5, 0.6) is 0 Å². The van der Waals surface area contributed by atoms with Crippen molar-refractivity contribution in [2.75, 3.05) is 6.61 Å². The van der Waals surface area contributed by atoms with Gasteiger partial charge in [0.05, 0.1) is 6.61 Å². The number of rotatable bonds is 3. The molecule has 0 heterocycles. The molecule has 96 valence electrons. The normalized spacial score (nSPS) is 18.4. The highest BCUT2D eigenvalue weighted by Crippen LogP contribution is 2.41. The lowest BCUT2D eigenvalue weighted by molar-refractivity contribution is -0.432. The second-order valence-corrected chi connectivity index (χ2v) is 3.83. The van der Waals surface area contributed by atoms with Crippen molar-refractivity contribution in [1.29, 1.82) is 0 Å². The van der Waals surface area contributed by atoms with Crippen molar-refractivity contribution < 1.29 is 40.6 Å². The Morgan fingerprint density at radius 2 is 1.56 bits per heavy atom. The highest BCUT2D eigenvalue weighted by Gasteiger charge is 2.61. The lowest BCUT2D eigenvalue weighted by Crippen LogP contribution is -2.45. The predicted octanol–water partition coefficient (Wildman–Crippen LogP) is 3.06. The van der Waals surface area contributed by atoms with Crippen LogP contribution in [0.2, 0.25) is 0 Å². The average Bonchev–Trinajstić information content (AvgIpc) is 1.98. The van der Waals surface area contributed by atoms with Crippen molar-refractivity contribution in [1.82, 2.24) is 0 Å². The van der Waals surface area contributed by atoms with E-state index in [-0.39, 0.29) is 0 Å². The zero-order chi connectivity index (χ0) is 13.2. The lowest BCUT2D eigenvalue weighted by Gasteiger charge is -2.25. The van der Waals surface area contributed by atoms with Crippen LogP contribution < -0.4 is 0 Å². The van der Waals surface area contributed by atoms with Crippen LogP contribution in [0.15, 0.2) is 9.66 Å². The number of aliphatic hydroxyl groups is 1. The standard InChI is InChI=1S/C6H4F7IO2/c7-4(5(8,9)10,1-3(14)2-15)16-6(11,12)13/h1,15H,2H2/b3-1+/t4-/m1/s1. The quantitative estimate of drug-likeness (QED) is 0.613. The van der Waals surface area contributed by atoms with Crippen LogP contribution >= 0.6 is 22.6 Å². The SMILES string of the molecule is OC/C(I)=C\[C@@](F)(OC(F)(F)F)C(F)(F)F. The second-order valence-electron chi connectivity index (χ2n) is 2.44. The van der Waals surface area contributed by atoms with Gasteiger partial charge in [0.1, 0.15) is 0 Å². The summed E-state index contributed by atoms with van der Waals surface area (Å²) in [5, 5.41) is 8.32. The third-order valence-electron chi connectivity index (χ3n) is 1.14. The van der Waals surface area contributed by atoms with Crippen molar-refractivity contribution in [3.05, 3.63) is 9.66 Å². The molecule has 0 aromatic heterocycles. The molecule has 0 saturated carbocycles. The molecule has 0 rings (SSSR count). The summed E-state index contributed by atoms with van der Waals surface area (Å²) in [6.45, 7) is -1.04. The summed E-state index contributed by atoms with van der Waals surface area (Å²) in [6, 6.07) is 0. The summed E-state index contributed by atoms with van der Waals surface area (Å²) in [5.41, 5.74) is 0. The van der Waals surface area contributed by atoms with Crippen LogP contribution in [0.25, 0.3) is 0 Å². The smallest absolute Gasteiger partial charge is 0.391 e. The van der Waals surface area contributed by atoms with Gasteiger partial charge in [-0.25, -0.2) is 4.74 Å². The Balaban J connectivity index is 5.22. The van der Waals surface area contributed by atoms with E-state index < -0.39 is 34.7 Å². The number of aliphatic hydroxyl groups excluding tert-OH is 1. The predicted molar refractivity (Wildman–Crippen MR) is 46.2 cm³/mol. The fourth-order valence-electron chi connectivity index (χ4n) is 0.585. The summed E-state index contributed by atoms with van der Waals surface area (Å²) in [5.74, 6) is -5.01. The Morgan fingerprint density at radius 3 is 1.81 bits per heavy atom. The van der Waals surface area contributed by atoms with Gasteiger partial charge >= 0.3 is 18.4 Å². The molecule has 1 N–H and O–H groups in total. The molecule has 2 nitrogen and oxygen atoms in total. The minimum Gasteiger partial charge on any atom is -0.391 e. The minimum atomic E-state index is -5.91. The molecule has 0 aromatic carbocycles. The van der Waals surface area contributed by atoms with Crippen molar-refractivity contribution >= 4 is 22.6 Å². The second kappa shape index (κ2) is 5.04. The van der Waals surface area contributed by atoms with Crippen molar-refractivity contribution in [3.8, 4) is 0 Å². The number of hydrogen-bond acceptors (Lipinski definition) is 2. The highest BCUT2D eigenvalue weighted by molar-refractivity contribution is 14.1. The van der Waals surface area contributed by atoms with E-state index in [0.29, 0.717) is 0 Å². The topological polar surface area (TPSA) is 29.5 Å². The molecule has 10 heteroatoms. The average molecular weight is 368 g/mol. The van der Waals surface area contributed by atoms with Crippen LogP contribution in [0.4, 0.5) is 30.7 Å². The Hall–Kier alpha value is -0.100. The van der Waals surface area contributed by atoms with E-state index in [1.165, 1.54) is 0 Å². The first-order chi connectivity index (χ1) is 6.91. The molecule has 0 aliphatic heterocycles. The molecule has 1 atom stereocenters. The fraction of sp³-hybridized carbons (Fsp3) is 0.667. The molecule has 0 unspecified atom stereocenters. The van der Waals surface area contributed by atoms with Gasteiger partial charge in [-0.05, 0) is 22.6 Å². The Bertz CT molecular complexity index is 271. The maximum Gasteiger partial charge on any atom is 0.525 e. The van der Waals surface area contributed by atoms with Gasteiger partial charge < -0.3 is 5.11 Å². The molecule has 0 fully saturated rings. The molecule has 0 spiro atoms.